The highest BCUT2D eigenvalue weighted by atomic mass is 16.6. The first-order valence-corrected chi connectivity index (χ1v) is 9.33. The molecule has 3 aromatic rings. The summed E-state index contributed by atoms with van der Waals surface area (Å²) in [6, 6.07) is 22.5. The average Bonchev–Trinajstić information content (AvgIpc) is 2.75. The van der Waals surface area contributed by atoms with Crippen LogP contribution in [0.2, 0.25) is 0 Å². The van der Waals surface area contributed by atoms with Crippen LogP contribution >= 0.6 is 0 Å². The smallest absolute Gasteiger partial charge is 0.339 e. The molecule has 1 atom stereocenters. The quantitative estimate of drug-likeness (QED) is 0.358. The second kappa shape index (κ2) is 9.47. The second-order valence-electron chi connectivity index (χ2n) is 6.63. The number of nitrogens with one attached hydrogen (secondary N) is 1. The standard InChI is InChI=1S/C23H20N2O5/c1-16(22(26)24-20-13-7-8-14-21(20)25(28)29)30-23(27)19-12-6-5-11-18(19)15-17-9-3-2-4-10-17/h2-14,16H,15H2,1H3,(H,24,26). The van der Waals surface area contributed by atoms with E-state index < -0.39 is 22.9 Å². The summed E-state index contributed by atoms with van der Waals surface area (Å²) >= 11 is 0. The van der Waals surface area contributed by atoms with E-state index in [1.165, 1.54) is 25.1 Å². The Labute approximate surface area is 173 Å². The topological polar surface area (TPSA) is 98.5 Å². The lowest BCUT2D eigenvalue weighted by molar-refractivity contribution is -0.383. The highest BCUT2D eigenvalue weighted by Crippen LogP contribution is 2.23. The number of nitro benzene ring substituents is 1. The maximum atomic E-state index is 12.7. The number of para-hydroxylation sites is 2. The van der Waals surface area contributed by atoms with Gasteiger partial charge in [-0.15, -0.1) is 0 Å². The Kier molecular flexibility index (Phi) is 6.54. The Hall–Kier alpha value is -4.00. The Morgan fingerprint density at radius 3 is 2.33 bits per heavy atom. The predicted octanol–water partition coefficient (Wildman–Crippen LogP) is 4.37. The molecule has 0 aliphatic carbocycles. The second-order valence-corrected chi connectivity index (χ2v) is 6.63. The first kappa shape index (κ1) is 20.7. The van der Waals surface area contributed by atoms with Crippen molar-refractivity contribution in [1.29, 1.82) is 0 Å². The zero-order valence-corrected chi connectivity index (χ0v) is 16.3. The van der Waals surface area contributed by atoms with Crippen molar-refractivity contribution in [1.82, 2.24) is 0 Å². The lowest BCUT2D eigenvalue weighted by Gasteiger charge is -2.15. The van der Waals surface area contributed by atoms with Crippen molar-refractivity contribution in [3.8, 4) is 0 Å². The van der Waals surface area contributed by atoms with Gasteiger partial charge in [-0.25, -0.2) is 4.79 Å². The fourth-order valence-corrected chi connectivity index (χ4v) is 2.94. The first-order chi connectivity index (χ1) is 14.5. The lowest BCUT2D eigenvalue weighted by atomic mass is 10.00. The van der Waals surface area contributed by atoms with Gasteiger partial charge in [0.1, 0.15) is 5.69 Å². The van der Waals surface area contributed by atoms with Crippen LogP contribution in [0, 0.1) is 10.1 Å². The molecule has 1 N–H and O–H groups in total. The lowest BCUT2D eigenvalue weighted by Crippen LogP contribution is -2.30. The van der Waals surface area contributed by atoms with Gasteiger partial charge in [-0.1, -0.05) is 60.7 Å². The van der Waals surface area contributed by atoms with Gasteiger partial charge in [-0.05, 0) is 36.6 Å². The van der Waals surface area contributed by atoms with Crippen LogP contribution in [0.3, 0.4) is 0 Å². The van der Waals surface area contributed by atoms with E-state index >= 15 is 0 Å². The highest BCUT2D eigenvalue weighted by molar-refractivity contribution is 5.99. The Bertz CT molecular complexity index is 1070. The SMILES string of the molecule is CC(OC(=O)c1ccccc1Cc1ccccc1)C(=O)Nc1ccccc1[N+](=O)[O-]. The van der Waals surface area contributed by atoms with E-state index in [4.69, 9.17) is 4.74 Å². The van der Waals surface area contributed by atoms with Gasteiger partial charge < -0.3 is 10.1 Å². The van der Waals surface area contributed by atoms with Gasteiger partial charge in [0.15, 0.2) is 6.10 Å². The summed E-state index contributed by atoms with van der Waals surface area (Å²) in [5, 5.41) is 13.5. The van der Waals surface area contributed by atoms with E-state index in [1.54, 1.807) is 18.2 Å². The van der Waals surface area contributed by atoms with Crippen LogP contribution in [0.1, 0.15) is 28.4 Å². The van der Waals surface area contributed by atoms with Gasteiger partial charge in [-0.3, -0.25) is 14.9 Å². The maximum absolute atomic E-state index is 12.7. The van der Waals surface area contributed by atoms with Crippen molar-refractivity contribution < 1.29 is 19.2 Å². The number of anilines is 1. The van der Waals surface area contributed by atoms with Crippen molar-refractivity contribution in [2.45, 2.75) is 19.4 Å². The minimum atomic E-state index is -1.14. The number of ether oxygens (including phenoxy) is 1. The Balaban J connectivity index is 1.70. The molecule has 152 valence electrons. The van der Waals surface area contributed by atoms with E-state index in [9.17, 15) is 19.7 Å². The van der Waals surface area contributed by atoms with Crippen LogP contribution in [0.4, 0.5) is 11.4 Å². The third-order valence-electron chi connectivity index (χ3n) is 4.49. The van der Waals surface area contributed by atoms with Crippen LogP contribution in [-0.4, -0.2) is 22.9 Å². The number of hydrogen-bond acceptors (Lipinski definition) is 5. The summed E-state index contributed by atoms with van der Waals surface area (Å²) in [6.07, 6.45) is -0.592. The number of rotatable bonds is 7. The number of hydrogen-bond donors (Lipinski definition) is 1. The van der Waals surface area contributed by atoms with Gasteiger partial charge in [0.05, 0.1) is 10.5 Å². The summed E-state index contributed by atoms with van der Waals surface area (Å²) < 4.78 is 5.33. The predicted molar refractivity (Wildman–Crippen MR) is 112 cm³/mol. The fourth-order valence-electron chi connectivity index (χ4n) is 2.94. The normalized spacial score (nSPS) is 11.4. The summed E-state index contributed by atoms with van der Waals surface area (Å²) in [5.74, 6) is -1.29. The minimum absolute atomic E-state index is 0.0416. The molecular weight excluding hydrogens is 384 g/mol. The highest BCUT2D eigenvalue weighted by Gasteiger charge is 2.23. The summed E-state index contributed by atoms with van der Waals surface area (Å²) in [7, 11) is 0. The van der Waals surface area contributed by atoms with E-state index in [0.29, 0.717) is 12.0 Å². The number of amides is 1. The molecule has 0 radical (unpaired) electrons. The summed E-state index contributed by atoms with van der Waals surface area (Å²) in [5.41, 5.74) is 1.99. The monoisotopic (exact) mass is 404 g/mol. The van der Waals surface area contributed by atoms with E-state index in [-0.39, 0.29) is 11.4 Å². The van der Waals surface area contributed by atoms with Crippen molar-refractivity contribution >= 4 is 23.3 Å². The molecule has 0 saturated carbocycles. The van der Waals surface area contributed by atoms with Crippen LogP contribution in [0.15, 0.2) is 78.9 Å². The molecule has 7 heteroatoms. The molecule has 0 aromatic heterocycles. The number of esters is 1. The molecule has 0 fully saturated rings. The maximum Gasteiger partial charge on any atom is 0.339 e. The number of carbonyl (C=O) groups excluding carboxylic acids is 2. The number of nitrogens with zero attached hydrogens (tertiary/aromatic N) is 1. The van der Waals surface area contributed by atoms with E-state index in [2.05, 4.69) is 5.32 Å². The molecule has 0 saturated heterocycles. The number of carbonyl (C=O) groups is 2. The van der Waals surface area contributed by atoms with Crippen LogP contribution in [0.25, 0.3) is 0 Å². The third-order valence-corrected chi connectivity index (χ3v) is 4.49. The minimum Gasteiger partial charge on any atom is -0.449 e. The van der Waals surface area contributed by atoms with E-state index in [0.717, 1.165) is 11.1 Å². The zero-order valence-electron chi connectivity index (χ0n) is 16.3. The molecule has 0 aliphatic rings. The van der Waals surface area contributed by atoms with Crippen molar-refractivity contribution in [2.75, 3.05) is 5.32 Å². The average molecular weight is 404 g/mol. The van der Waals surface area contributed by atoms with Gasteiger partial charge in [-0.2, -0.15) is 0 Å². The summed E-state index contributed by atoms with van der Waals surface area (Å²) in [6.45, 7) is 1.42. The van der Waals surface area contributed by atoms with Crippen LogP contribution in [-0.2, 0) is 16.0 Å². The molecular formula is C23H20N2O5. The molecule has 3 aromatic carbocycles. The Morgan fingerprint density at radius 2 is 1.60 bits per heavy atom. The molecule has 0 bridgehead atoms. The molecule has 0 spiro atoms. The molecule has 1 amide bonds. The summed E-state index contributed by atoms with van der Waals surface area (Å²) in [4.78, 5) is 35.6. The van der Waals surface area contributed by atoms with Crippen LogP contribution in [0.5, 0.6) is 0 Å². The number of benzene rings is 3. The zero-order chi connectivity index (χ0) is 21.5. The van der Waals surface area contributed by atoms with Gasteiger partial charge in [0.25, 0.3) is 11.6 Å². The Morgan fingerprint density at radius 1 is 0.967 bits per heavy atom. The molecule has 7 nitrogen and oxygen atoms in total. The molecule has 3 rings (SSSR count). The number of nitro groups is 1. The molecule has 30 heavy (non-hydrogen) atoms. The molecule has 1 unspecified atom stereocenters. The molecule has 0 heterocycles. The third kappa shape index (κ3) is 5.08. The van der Waals surface area contributed by atoms with Crippen molar-refractivity contribution in [3.63, 3.8) is 0 Å². The van der Waals surface area contributed by atoms with Crippen molar-refractivity contribution in [3.05, 3.63) is 106 Å². The van der Waals surface area contributed by atoms with Gasteiger partial charge >= 0.3 is 5.97 Å². The molecule has 0 aliphatic heterocycles. The van der Waals surface area contributed by atoms with E-state index in [1.807, 2.05) is 42.5 Å². The van der Waals surface area contributed by atoms with Crippen LogP contribution < -0.4 is 5.32 Å². The largest absolute Gasteiger partial charge is 0.449 e. The van der Waals surface area contributed by atoms with Gasteiger partial charge in [0, 0.05) is 6.07 Å². The fraction of sp³-hybridized carbons (Fsp3) is 0.130. The van der Waals surface area contributed by atoms with Gasteiger partial charge in [0.2, 0.25) is 0 Å². The van der Waals surface area contributed by atoms with Crippen molar-refractivity contribution in [2.24, 2.45) is 0 Å². The first-order valence-electron chi connectivity index (χ1n) is 9.33.